The van der Waals surface area contributed by atoms with E-state index in [-0.39, 0.29) is 16.7 Å². The first kappa shape index (κ1) is 14.1. The molecule has 1 saturated heterocycles. The average molecular weight is 286 g/mol. The normalized spacial score (nSPS) is 20.2. The maximum atomic E-state index is 11.2. The molecule has 6 nitrogen and oxygen atoms in total. The molecule has 1 fully saturated rings. The van der Waals surface area contributed by atoms with Crippen molar-refractivity contribution in [3.05, 3.63) is 18.2 Å². The number of nitrogens with two attached hydrogens (primary N) is 2. The summed E-state index contributed by atoms with van der Waals surface area (Å²) in [5.74, 6) is 0.513. The highest BCUT2D eigenvalue weighted by Gasteiger charge is 2.16. The van der Waals surface area contributed by atoms with Gasteiger partial charge in [0.2, 0.25) is 10.0 Å². The third kappa shape index (κ3) is 3.82. The maximum Gasteiger partial charge on any atom is 0.240 e. The highest BCUT2D eigenvalue weighted by atomic mass is 32.2. The van der Waals surface area contributed by atoms with Crippen LogP contribution < -0.4 is 15.6 Å². The molecule has 0 saturated carbocycles. The summed E-state index contributed by atoms with van der Waals surface area (Å²) in [5, 5.41) is 5.03. The van der Waals surface area contributed by atoms with Crippen LogP contribution in [0.3, 0.4) is 0 Å². The number of hydrogen-bond acceptors (Lipinski definition) is 5. The zero-order chi connectivity index (χ0) is 13.9. The van der Waals surface area contributed by atoms with E-state index in [2.05, 4.69) is 0 Å². The van der Waals surface area contributed by atoms with E-state index in [4.69, 9.17) is 20.3 Å². The molecular weight excluding hydrogens is 268 g/mol. The lowest BCUT2D eigenvalue weighted by Gasteiger charge is -2.22. The highest BCUT2D eigenvalue weighted by molar-refractivity contribution is 7.89. The fourth-order valence-corrected chi connectivity index (χ4v) is 2.65. The molecule has 7 heteroatoms. The van der Waals surface area contributed by atoms with Crippen molar-refractivity contribution in [2.75, 3.05) is 18.9 Å². The predicted octanol–water partition coefficient (Wildman–Crippen LogP) is 0.864. The van der Waals surface area contributed by atoms with E-state index in [1.54, 1.807) is 6.07 Å². The standard InChI is InChI=1S/C12H18N2O4S/c13-11-7-9(4-5-12(11)19(14,15)16)18-8-10-3-1-2-6-17-10/h4-5,7,10H,1-3,6,8,13H2,(H2,14,15,16). The molecule has 0 spiro atoms. The van der Waals surface area contributed by atoms with Crippen molar-refractivity contribution in [3.8, 4) is 5.75 Å². The number of rotatable bonds is 4. The van der Waals surface area contributed by atoms with Gasteiger partial charge in [0.1, 0.15) is 17.3 Å². The summed E-state index contributed by atoms with van der Waals surface area (Å²) in [6.07, 6.45) is 3.30. The van der Waals surface area contributed by atoms with Gasteiger partial charge in [0.05, 0.1) is 11.8 Å². The molecule has 1 aliphatic heterocycles. The Labute approximate surface area is 112 Å². The number of primary sulfonamides is 1. The van der Waals surface area contributed by atoms with Crippen LogP contribution >= 0.6 is 0 Å². The topological polar surface area (TPSA) is 105 Å². The van der Waals surface area contributed by atoms with Crippen LogP contribution in [0.1, 0.15) is 19.3 Å². The third-order valence-corrected chi connectivity index (χ3v) is 3.98. The molecule has 0 radical (unpaired) electrons. The zero-order valence-electron chi connectivity index (χ0n) is 10.5. The number of sulfonamides is 1. The molecule has 0 amide bonds. The number of hydrogen-bond donors (Lipinski definition) is 2. The van der Waals surface area contributed by atoms with Crippen molar-refractivity contribution in [2.45, 2.75) is 30.3 Å². The zero-order valence-corrected chi connectivity index (χ0v) is 11.4. The smallest absolute Gasteiger partial charge is 0.240 e. The molecule has 1 aromatic carbocycles. The van der Waals surface area contributed by atoms with E-state index in [1.807, 2.05) is 0 Å². The van der Waals surface area contributed by atoms with E-state index >= 15 is 0 Å². The Morgan fingerprint density at radius 2 is 2.16 bits per heavy atom. The Morgan fingerprint density at radius 3 is 2.74 bits per heavy atom. The van der Waals surface area contributed by atoms with Crippen molar-refractivity contribution in [3.63, 3.8) is 0 Å². The molecule has 1 aliphatic rings. The van der Waals surface area contributed by atoms with Gasteiger partial charge in [-0.2, -0.15) is 0 Å². The number of nitrogen functional groups attached to an aromatic ring is 1. The van der Waals surface area contributed by atoms with Crippen LogP contribution in [0.5, 0.6) is 5.75 Å². The van der Waals surface area contributed by atoms with E-state index < -0.39 is 10.0 Å². The Bertz CT molecular complexity index is 539. The van der Waals surface area contributed by atoms with Gasteiger partial charge < -0.3 is 15.2 Å². The van der Waals surface area contributed by atoms with Crippen LogP contribution in [0.15, 0.2) is 23.1 Å². The summed E-state index contributed by atoms with van der Waals surface area (Å²) in [4.78, 5) is -0.0891. The minimum Gasteiger partial charge on any atom is -0.491 e. The van der Waals surface area contributed by atoms with Gasteiger partial charge in [0.25, 0.3) is 0 Å². The summed E-state index contributed by atoms with van der Waals surface area (Å²) in [6.45, 7) is 1.20. The molecule has 4 N–H and O–H groups in total. The second-order valence-corrected chi connectivity index (χ2v) is 6.07. The van der Waals surface area contributed by atoms with Crippen molar-refractivity contribution in [2.24, 2.45) is 5.14 Å². The van der Waals surface area contributed by atoms with Crippen LogP contribution in [0, 0.1) is 0 Å². The maximum absolute atomic E-state index is 11.2. The third-order valence-electron chi connectivity index (χ3n) is 3.00. The molecule has 0 aliphatic carbocycles. The highest BCUT2D eigenvalue weighted by Crippen LogP contribution is 2.23. The fraction of sp³-hybridized carbons (Fsp3) is 0.500. The lowest BCUT2D eigenvalue weighted by Crippen LogP contribution is -2.25. The van der Waals surface area contributed by atoms with Gasteiger partial charge in [-0.25, -0.2) is 13.6 Å². The Kier molecular flexibility index (Phi) is 4.28. The van der Waals surface area contributed by atoms with Crippen LogP contribution in [-0.4, -0.2) is 27.7 Å². The van der Waals surface area contributed by atoms with Gasteiger partial charge in [-0.1, -0.05) is 0 Å². The summed E-state index contributed by atoms with van der Waals surface area (Å²) in [5.41, 5.74) is 5.73. The van der Waals surface area contributed by atoms with E-state index in [0.717, 1.165) is 25.9 Å². The lowest BCUT2D eigenvalue weighted by atomic mass is 10.1. The summed E-state index contributed by atoms with van der Waals surface area (Å²) < 4.78 is 33.5. The molecular formula is C12H18N2O4S. The molecule has 0 aromatic heterocycles. The minimum absolute atomic E-state index is 0.0876. The van der Waals surface area contributed by atoms with Crippen molar-refractivity contribution < 1.29 is 17.9 Å². The number of benzene rings is 1. The van der Waals surface area contributed by atoms with Gasteiger partial charge in [0, 0.05) is 12.7 Å². The van der Waals surface area contributed by atoms with Crippen LogP contribution in [0.2, 0.25) is 0 Å². The quantitative estimate of drug-likeness (QED) is 0.799. The van der Waals surface area contributed by atoms with Crippen LogP contribution in [0.25, 0.3) is 0 Å². The second kappa shape index (κ2) is 5.77. The Morgan fingerprint density at radius 1 is 1.37 bits per heavy atom. The van der Waals surface area contributed by atoms with Crippen LogP contribution in [-0.2, 0) is 14.8 Å². The summed E-state index contributed by atoms with van der Waals surface area (Å²) in [6, 6.07) is 4.35. The molecule has 19 heavy (non-hydrogen) atoms. The lowest BCUT2D eigenvalue weighted by molar-refractivity contribution is -0.0110. The molecule has 1 atom stereocenters. The van der Waals surface area contributed by atoms with Gasteiger partial charge >= 0.3 is 0 Å². The average Bonchev–Trinajstić information content (AvgIpc) is 2.36. The minimum atomic E-state index is -3.79. The van der Waals surface area contributed by atoms with Crippen molar-refractivity contribution >= 4 is 15.7 Å². The Hall–Kier alpha value is -1.31. The number of ether oxygens (including phenoxy) is 2. The summed E-state index contributed by atoms with van der Waals surface area (Å²) in [7, 11) is -3.79. The monoisotopic (exact) mass is 286 g/mol. The van der Waals surface area contributed by atoms with Gasteiger partial charge in [-0.05, 0) is 31.4 Å². The molecule has 1 aromatic rings. The SMILES string of the molecule is Nc1cc(OCC2CCCCO2)ccc1S(N)(=O)=O. The Balaban J connectivity index is 2.00. The predicted molar refractivity (Wildman–Crippen MR) is 71.3 cm³/mol. The molecule has 1 heterocycles. The first-order valence-corrected chi connectivity index (χ1v) is 7.68. The second-order valence-electron chi connectivity index (χ2n) is 4.54. The van der Waals surface area contributed by atoms with Gasteiger partial charge in [-0.3, -0.25) is 0 Å². The van der Waals surface area contributed by atoms with Crippen molar-refractivity contribution in [1.82, 2.24) is 0 Å². The molecule has 2 rings (SSSR count). The fourth-order valence-electron chi connectivity index (χ4n) is 2.00. The largest absolute Gasteiger partial charge is 0.491 e. The van der Waals surface area contributed by atoms with Crippen LogP contribution in [0.4, 0.5) is 5.69 Å². The van der Waals surface area contributed by atoms with Crippen molar-refractivity contribution in [1.29, 1.82) is 0 Å². The molecule has 106 valence electrons. The summed E-state index contributed by atoms with van der Waals surface area (Å²) >= 11 is 0. The van der Waals surface area contributed by atoms with E-state index in [1.165, 1.54) is 12.1 Å². The molecule has 1 unspecified atom stereocenters. The van der Waals surface area contributed by atoms with E-state index in [9.17, 15) is 8.42 Å². The van der Waals surface area contributed by atoms with E-state index in [0.29, 0.717) is 12.4 Å². The molecule has 0 bridgehead atoms. The first-order valence-electron chi connectivity index (χ1n) is 6.13. The van der Waals surface area contributed by atoms with Gasteiger partial charge in [0.15, 0.2) is 0 Å². The number of anilines is 1. The van der Waals surface area contributed by atoms with Gasteiger partial charge in [-0.15, -0.1) is 0 Å². The first-order chi connectivity index (χ1) is 8.97.